The molecule has 0 saturated carbocycles. The van der Waals surface area contributed by atoms with E-state index in [4.69, 9.17) is 5.73 Å². The first-order valence-corrected chi connectivity index (χ1v) is 7.16. The van der Waals surface area contributed by atoms with E-state index in [1.54, 1.807) is 0 Å². The highest BCUT2D eigenvalue weighted by atomic mass is 79.9. The summed E-state index contributed by atoms with van der Waals surface area (Å²) in [5, 5.41) is 0. The lowest BCUT2D eigenvalue weighted by Gasteiger charge is -2.16. The van der Waals surface area contributed by atoms with Gasteiger partial charge in [0.05, 0.1) is 0 Å². The van der Waals surface area contributed by atoms with Crippen molar-refractivity contribution in [3.8, 4) is 0 Å². The lowest BCUT2D eigenvalue weighted by atomic mass is 9.93. The molecule has 2 rings (SSSR count). The topological polar surface area (TPSA) is 26.0 Å². The number of halogens is 2. The van der Waals surface area contributed by atoms with Gasteiger partial charge in [0.25, 0.3) is 0 Å². The first kappa shape index (κ1) is 14.2. The molecular weight excluding hydrogens is 305 g/mol. The van der Waals surface area contributed by atoms with Crippen molar-refractivity contribution in [2.45, 2.75) is 12.8 Å². The Morgan fingerprint density at radius 1 is 1.05 bits per heavy atom. The standard InChI is InChI=1S/C16H17BrFN/c17-16-10-15(18)7-6-14(16)9-13(11-19)8-12-4-2-1-3-5-12/h1-7,10,13H,8-9,11,19H2. The molecule has 0 amide bonds. The van der Waals surface area contributed by atoms with Crippen LogP contribution in [-0.2, 0) is 12.8 Å². The molecule has 0 fully saturated rings. The summed E-state index contributed by atoms with van der Waals surface area (Å²) in [6.45, 7) is 0.624. The molecule has 0 aromatic heterocycles. The molecule has 0 aliphatic carbocycles. The van der Waals surface area contributed by atoms with Crippen LogP contribution in [0.3, 0.4) is 0 Å². The van der Waals surface area contributed by atoms with Gasteiger partial charge in [-0.1, -0.05) is 52.3 Å². The van der Waals surface area contributed by atoms with E-state index in [1.165, 1.54) is 17.7 Å². The van der Waals surface area contributed by atoms with E-state index in [9.17, 15) is 4.39 Å². The van der Waals surface area contributed by atoms with Gasteiger partial charge in [-0.2, -0.15) is 0 Å². The fourth-order valence-corrected chi connectivity index (χ4v) is 2.70. The maximum Gasteiger partial charge on any atom is 0.124 e. The van der Waals surface area contributed by atoms with E-state index in [0.717, 1.165) is 22.9 Å². The Labute approximate surface area is 121 Å². The van der Waals surface area contributed by atoms with E-state index in [-0.39, 0.29) is 5.82 Å². The van der Waals surface area contributed by atoms with Gasteiger partial charge in [0.15, 0.2) is 0 Å². The molecule has 1 nitrogen and oxygen atoms in total. The van der Waals surface area contributed by atoms with Crippen molar-refractivity contribution >= 4 is 15.9 Å². The third-order valence-corrected chi connectivity index (χ3v) is 3.96. The Bertz CT molecular complexity index is 528. The van der Waals surface area contributed by atoms with Gasteiger partial charge in [0.1, 0.15) is 5.82 Å². The van der Waals surface area contributed by atoms with Crippen LogP contribution < -0.4 is 5.73 Å². The molecule has 3 heteroatoms. The molecule has 0 radical (unpaired) electrons. The van der Waals surface area contributed by atoms with Crippen molar-refractivity contribution in [1.82, 2.24) is 0 Å². The normalized spacial score (nSPS) is 12.4. The second-order valence-electron chi connectivity index (χ2n) is 4.73. The fourth-order valence-electron chi connectivity index (χ4n) is 2.18. The first-order chi connectivity index (χ1) is 9.19. The molecule has 0 spiro atoms. The average molecular weight is 322 g/mol. The molecule has 0 heterocycles. The fraction of sp³-hybridized carbons (Fsp3) is 0.250. The largest absolute Gasteiger partial charge is 0.330 e. The smallest absolute Gasteiger partial charge is 0.124 e. The summed E-state index contributed by atoms with van der Waals surface area (Å²) >= 11 is 3.41. The lowest BCUT2D eigenvalue weighted by molar-refractivity contribution is 0.531. The number of rotatable bonds is 5. The molecule has 2 aromatic rings. The van der Waals surface area contributed by atoms with Crippen LogP contribution in [-0.4, -0.2) is 6.54 Å². The van der Waals surface area contributed by atoms with Crippen LogP contribution in [0.4, 0.5) is 4.39 Å². The van der Waals surface area contributed by atoms with Crippen molar-refractivity contribution in [2.24, 2.45) is 11.7 Å². The molecule has 0 bridgehead atoms. The number of hydrogen-bond donors (Lipinski definition) is 1. The quantitative estimate of drug-likeness (QED) is 0.886. The molecule has 0 aliphatic rings. The summed E-state index contributed by atoms with van der Waals surface area (Å²) in [6, 6.07) is 15.1. The van der Waals surface area contributed by atoms with Gasteiger partial charge in [0.2, 0.25) is 0 Å². The van der Waals surface area contributed by atoms with Crippen LogP contribution in [0.25, 0.3) is 0 Å². The Hall–Kier alpha value is -1.19. The zero-order valence-corrected chi connectivity index (χ0v) is 12.2. The number of hydrogen-bond acceptors (Lipinski definition) is 1. The zero-order chi connectivity index (χ0) is 13.7. The summed E-state index contributed by atoms with van der Waals surface area (Å²) in [4.78, 5) is 0. The van der Waals surface area contributed by atoms with Gasteiger partial charge < -0.3 is 5.73 Å². The number of nitrogens with two attached hydrogens (primary N) is 1. The van der Waals surface area contributed by atoms with Crippen molar-refractivity contribution in [2.75, 3.05) is 6.54 Å². The Kier molecular flexibility index (Phi) is 5.11. The van der Waals surface area contributed by atoms with E-state index >= 15 is 0 Å². The third kappa shape index (κ3) is 4.15. The van der Waals surface area contributed by atoms with E-state index in [1.807, 2.05) is 24.3 Å². The van der Waals surface area contributed by atoms with Crippen molar-refractivity contribution in [3.63, 3.8) is 0 Å². The molecule has 2 aromatic carbocycles. The minimum Gasteiger partial charge on any atom is -0.330 e. The molecular formula is C16H17BrFN. The Balaban J connectivity index is 2.06. The Morgan fingerprint density at radius 3 is 2.42 bits per heavy atom. The summed E-state index contributed by atoms with van der Waals surface area (Å²) in [6.07, 6.45) is 1.80. The van der Waals surface area contributed by atoms with Crippen LogP contribution in [0.5, 0.6) is 0 Å². The van der Waals surface area contributed by atoms with Gasteiger partial charge in [-0.3, -0.25) is 0 Å². The molecule has 2 N–H and O–H groups in total. The average Bonchev–Trinajstić information content (AvgIpc) is 2.42. The van der Waals surface area contributed by atoms with Gasteiger partial charge in [0, 0.05) is 4.47 Å². The molecule has 19 heavy (non-hydrogen) atoms. The predicted molar refractivity (Wildman–Crippen MR) is 80.5 cm³/mol. The lowest BCUT2D eigenvalue weighted by Crippen LogP contribution is -2.19. The van der Waals surface area contributed by atoms with Crippen LogP contribution in [0.1, 0.15) is 11.1 Å². The predicted octanol–water partition coefficient (Wildman–Crippen LogP) is 3.95. The highest BCUT2D eigenvalue weighted by molar-refractivity contribution is 9.10. The molecule has 100 valence electrons. The van der Waals surface area contributed by atoms with Crippen LogP contribution in [0.15, 0.2) is 53.0 Å². The van der Waals surface area contributed by atoms with Crippen LogP contribution in [0, 0.1) is 11.7 Å². The maximum absolute atomic E-state index is 13.1. The van der Waals surface area contributed by atoms with Gasteiger partial charge in [-0.05, 0) is 48.6 Å². The minimum absolute atomic E-state index is 0.219. The van der Waals surface area contributed by atoms with Gasteiger partial charge >= 0.3 is 0 Å². The van der Waals surface area contributed by atoms with Crippen LogP contribution in [0.2, 0.25) is 0 Å². The molecule has 0 saturated heterocycles. The maximum atomic E-state index is 13.1. The highest BCUT2D eigenvalue weighted by Crippen LogP contribution is 2.22. The van der Waals surface area contributed by atoms with E-state index < -0.39 is 0 Å². The van der Waals surface area contributed by atoms with Crippen LogP contribution >= 0.6 is 15.9 Å². The van der Waals surface area contributed by atoms with Gasteiger partial charge in [-0.25, -0.2) is 4.39 Å². The highest BCUT2D eigenvalue weighted by Gasteiger charge is 2.11. The second kappa shape index (κ2) is 6.83. The summed E-state index contributed by atoms with van der Waals surface area (Å²) in [7, 11) is 0. The Morgan fingerprint density at radius 2 is 1.79 bits per heavy atom. The third-order valence-electron chi connectivity index (χ3n) is 3.22. The summed E-state index contributed by atoms with van der Waals surface area (Å²) < 4.78 is 13.9. The molecule has 1 unspecified atom stereocenters. The molecule has 1 atom stereocenters. The summed E-state index contributed by atoms with van der Waals surface area (Å²) in [5.74, 6) is 0.146. The SMILES string of the molecule is NCC(Cc1ccccc1)Cc1ccc(F)cc1Br. The first-order valence-electron chi connectivity index (χ1n) is 6.37. The monoisotopic (exact) mass is 321 g/mol. The van der Waals surface area contributed by atoms with Crippen molar-refractivity contribution in [1.29, 1.82) is 0 Å². The van der Waals surface area contributed by atoms with Gasteiger partial charge in [-0.15, -0.1) is 0 Å². The summed E-state index contributed by atoms with van der Waals surface area (Å²) in [5.41, 5.74) is 8.25. The van der Waals surface area contributed by atoms with E-state index in [2.05, 4.69) is 28.1 Å². The minimum atomic E-state index is -0.219. The second-order valence-corrected chi connectivity index (χ2v) is 5.59. The zero-order valence-electron chi connectivity index (χ0n) is 10.7. The van der Waals surface area contributed by atoms with Crippen molar-refractivity contribution < 1.29 is 4.39 Å². The van der Waals surface area contributed by atoms with E-state index in [0.29, 0.717) is 12.5 Å². The number of benzene rings is 2. The van der Waals surface area contributed by atoms with Crippen molar-refractivity contribution in [3.05, 3.63) is 69.9 Å². The molecule has 0 aliphatic heterocycles.